The molecular weight excluding hydrogens is 442 g/mol. The number of rotatable bonds is 8. The number of esters is 1. The molecule has 1 heterocycles. The van der Waals surface area contributed by atoms with Crippen molar-refractivity contribution in [2.24, 2.45) is 0 Å². The third-order valence-electron chi connectivity index (χ3n) is 6.01. The molecule has 1 aliphatic rings. The highest BCUT2D eigenvalue weighted by molar-refractivity contribution is 5.96. The number of ether oxygens (including phenoxy) is 2. The fourth-order valence-electron chi connectivity index (χ4n) is 4.18. The van der Waals surface area contributed by atoms with E-state index in [1.54, 1.807) is 18.2 Å². The predicted octanol–water partition coefficient (Wildman–Crippen LogP) is 4.91. The van der Waals surface area contributed by atoms with Crippen molar-refractivity contribution in [2.45, 2.75) is 31.4 Å². The Hall–Kier alpha value is -3.84. The van der Waals surface area contributed by atoms with Gasteiger partial charge in [0.1, 0.15) is 17.4 Å². The second-order valence-corrected chi connectivity index (χ2v) is 8.50. The first-order valence-electron chi connectivity index (χ1n) is 11.9. The zero-order valence-corrected chi connectivity index (χ0v) is 19.8. The Bertz CT molecular complexity index is 1080. The van der Waals surface area contributed by atoms with Crippen molar-refractivity contribution in [3.63, 3.8) is 0 Å². The van der Waals surface area contributed by atoms with E-state index >= 15 is 0 Å². The van der Waals surface area contributed by atoms with E-state index in [1.807, 2.05) is 60.7 Å². The number of carbonyl (C=O) groups excluding carboxylic acids is 2. The molecule has 1 unspecified atom stereocenters. The van der Waals surface area contributed by atoms with Gasteiger partial charge in [-0.2, -0.15) is 0 Å². The Labute approximate surface area is 205 Å². The first kappa shape index (κ1) is 24.3. The SMILES string of the molecule is COC(=O)c1cc(NC(=O)NCC2CCCCN2)ccc1OC(c1ccccc1)c1ccccc1. The van der Waals surface area contributed by atoms with Gasteiger partial charge in [0.2, 0.25) is 0 Å². The average Bonchev–Trinajstić information content (AvgIpc) is 2.92. The number of hydrogen-bond donors (Lipinski definition) is 3. The highest BCUT2D eigenvalue weighted by atomic mass is 16.5. The highest BCUT2D eigenvalue weighted by Crippen LogP contribution is 2.32. The lowest BCUT2D eigenvalue weighted by Gasteiger charge is -2.24. The number of urea groups is 1. The van der Waals surface area contributed by atoms with Crippen molar-refractivity contribution in [3.8, 4) is 5.75 Å². The molecule has 182 valence electrons. The monoisotopic (exact) mass is 473 g/mol. The lowest BCUT2D eigenvalue weighted by Crippen LogP contribution is -2.44. The highest BCUT2D eigenvalue weighted by Gasteiger charge is 2.21. The second kappa shape index (κ2) is 12.0. The molecule has 0 saturated carbocycles. The van der Waals surface area contributed by atoms with E-state index in [0.717, 1.165) is 30.5 Å². The van der Waals surface area contributed by atoms with Crippen LogP contribution in [0.5, 0.6) is 5.75 Å². The van der Waals surface area contributed by atoms with Crippen LogP contribution in [-0.2, 0) is 4.74 Å². The summed E-state index contributed by atoms with van der Waals surface area (Å²) in [4.78, 5) is 25.1. The van der Waals surface area contributed by atoms with Crippen LogP contribution in [0, 0.1) is 0 Å². The van der Waals surface area contributed by atoms with E-state index in [2.05, 4.69) is 16.0 Å². The van der Waals surface area contributed by atoms with E-state index < -0.39 is 12.1 Å². The van der Waals surface area contributed by atoms with Crippen LogP contribution < -0.4 is 20.7 Å². The summed E-state index contributed by atoms with van der Waals surface area (Å²) in [7, 11) is 1.32. The molecular formula is C28H31N3O4. The summed E-state index contributed by atoms with van der Waals surface area (Å²) in [6.07, 6.45) is 2.95. The third kappa shape index (κ3) is 6.61. The number of piperidine rings is 1. The number of carbonyl (C=O) groups is 2. The van der Waals surface area contributed by atoms with E-state index in [1.165, 1.54) is 13.5 Å². The van der Waals surface area contributed by atoms with Crippen molar-refractivity contribution in [3.05, 3.63) is 95.6 Å². The van der Waals surface area contributed by atoms with Gasteiger partial charge in [0.05, 0.1) is 7.11 Å². The van der Waals surface area contributed by atoms with Gasteiger partial charge >= 0.3 is 12.0 Å². The van der Waals surface area contributed by atoms with E-state index in [9.17, 15) is 9.59 Å². The zero-order chi connectivity index (χ0) is 24.5. The van der Waals surface area contributed by atoms with Gasteiger partial charge in [-0.1, -0.05) is 67.1 Å². The summed E-state index contributed by atoms with van der Waals surface area (Å²) in [5, 5.41) is 9.10. The topological polar surface area (TPSA) is 88.7 Å². The first-order chi connectivity index (χ1) is 17.1. The molecule has 3 aromatic carbocycles. The van der Waals surface area contributed by atoms with Gasteiger partial charge in [-0.3, -0.25) is 0 Å². The number of benzene rings is 3. The lowest BCUT2D eigenvalue weighted by molar-refractivity contribution is 0.0594. The molecule has 0 spiro atoms. The van der Waals surface area contributed by atoms with Crippen LogP contribution in [0.3, 0.4) is 0 Å². The number of anilines is 1. The van der Waals surface area contributed by atoms with Crippen molar-refractivity contribution < 1.29 is 19.1 Å². The summed E-state index contributed by atoms with van der Waals surface area (Å²) in [6.45, 7) is 1.53. The van der Waals surface area contributed by atoms with Gasteiger partial charge in [-0.05, 0) is 48.7 Å². The Balaban J connectivity index is 1.53. The van der Waals surface area contributed by atoms with Gasteiger partial charge in [-0.15, -0.1) is 0 Å². The summed E-state index contributed by atoms with van der Waals surface area (Å²) < 4.78 is 11.4. The molecule has 1 atom stereocenters. The molecule has 3 N–H and O–H groups in total. The molecule has 35 heavy (non-hydrogen) atoms. The summed E-state index contributed by atoms with van der Waals surface area (Å²) in [5.74, 6) is -0.178. The summed E-state index contributed by atoms with van der Waals surface area (Å²) in [6, 6.07) is 24.5. The standard InChI is InChI=1S/C28H31N3O4/c1-34-27(32)24-18-22(31-28(33)30-19-23-14-8-9-17-29-23)15-16-25(24)35-26(20-10-4-2-5-11-20)21-12-6-3-7-13-21/h2-7,10-13,15-16,18,23,26,29H,8-9,14,17,19H2,1H3,(H2,30,31,33). The molecule has 3 aromatic rings. The van der Waals surface area contributed by atoms with Crippen LogP contribution in [0.4, 0.5) is 10.5 Å². The van der Waals surface area contributed by atoms with Crippen LogP contribution >= 0.6 is 0 Å². The molecule has 1 fully saturated rings. The fourth-order valence-corrected chi connectivity index (χ4v) is 4.18. The smallest absolute Gasteiger partial charge is 0.341 e. The molecule has 0 aromatic heterocycles. The van der Waals surface area contributed by atoms with Gasteiger partial charge in [-0.25, -0.2) is 9.59 Å². The molecule has 2 amide bonds. The Kier molecular flexibility index (Phi) is 8.35. The minimum atomic E-state index is -0.546. The van der Waals surface area contributed by atoms with Crippen molar-refractivity contribution >= 4 is 17.7 Å². The van der Waals surface area contributed by atoms with Crippen molar-refractivity contribution in [2.75, 3.05) is 25.5 Å². The number of nitrogens with one attached hydrogen (secondary N) is 3. The third-order valence-corrected chi connectivity index (χ3v) is 6.01. The van der Waals surface area contributed by atoms with Crippen molar-refractivity contribution in [1.29, 1.82) is 0 Å². The van der Waals surface area contributed by atoms with Crippen LogP contribution in [0.25, 0.3) is 0 Å². The maximum atomic E-state index is 12.6. The Morgan fingerprint density at radius 2 is 1.66 bits per heavy atom. The van der Waals surface area contributed by atoms with Gasteiger partial charge in [0, 0.05) is 18.3 Å². The normalized spacial score (nSPS) is 15.3. The molecule has 1 saturated heterocycles. The first-order valence-corrected chi connectivity index (χ1v) is 11.9. The molecule has 7 heteroatoms. The van der Waals surface area contributed by atoms with Crippen LogP contribution in [0.1, 0.15) is 46.9 Å². The van der Waals surface area contributed by atoms with Gasteiger partial charge < -0.3 is 25.4 Å². The zero-order valence-electron chi connectivity index (χ0n) is 19.8. The van der Waals surface area contributed by atoms with Crippen LogP contribution in [0.15, 0.2) is 78.9 Å². The quantitative estimate of drug-likeness (QED) is 0.405. The van der Waals surface area contributed by atoms with Crippen LogP contribution in [-0.4, -0.2) is 38.2 Å². The second-order valence-electron chi connectivity index (χ2n) is 8.50. The van der Waals surface area contributed by atoms with E-state index in [0.29, 0.717) is 18.0 Å². The number of amides is 2. The van der Waals surface area contributed by atoms with E-state index in [4.69, 9.17) is 9.47 Å². The molecule has 4 rings (SSSR count). The Morgan fingerprint density at radius 3 is 2.26 bits per heavy atom. The fraction of sp³-hybridized carbons (Fsp3) is 0.286. The molecule has 1 aliphatic heterocycles. The summed E-state index contributed by atoms with van der Waals surface area (Å²) >= 11 is 0. The number of methoxy groups -OCH3 is 1. The van der Waals surface area contributed by atoms with Gasteiger partial charge in [0.15, 0.2) is 0 Å². The summed E-state index contributed by atoms with van der Waals surface area (Å²) in [5.41, 5.74) is 2.61. The molecule has 7 nitrogen and oxygen atoms in total. The molecule has 0 radical (unpaired) electrons. The predicted molar refractivity (Wildman–Crippen MR) is 136 cm³/mol. The minimum Gasteiger partial charge on any atom is -0.480 e. The average molecular weight is 474 g/mol. The maximum Gasteiger partial charge on any atom is 0.341 e. The molecule has 0 aliphatic carbocycles. The molecule has 0 bridgehead atoms. The Morgan fingerprint density at radius 1 is 0.971 bits per heavy atom. The maximum absolute atomic E-state index is 12.6. The van der Waals surface area contributed by atoms with Crippen molar-refractivity contribution in [1.82, 2.24) is 10.6 Å². The largest absolute Gasteiger partial charge is 0.480 e. The minimum absolute atomic E-state index is 0.233. The lowest BCUT2D eigenvalue weighted by atomic mass is 10.0. The van der Waals surface area contributed by atoms with Gasteiger partial charge in [0.25, 0.3) is 0 Å². The van der Waals surface area contributed by atoms with E-state index in [-0.39, 0.29) is 17.6 Å². The van der Waals surface area contributed by atoms with Crippen LogP contribution in [0.2, 0.25) is 0 Å². The number of hydrogen-bond acceptors (Lipinski definition) is 5.